The molecule has 0 bridgehead atoms. The Morgan fingerprint density at radius 3 is 2.78 bits per heavy atom. The zero-order chi connectivity index (χ0) is 19.0. The number of hydrogen-bond donors (Lipinski definition) is 1. The van der Waals surface area contributed by atoms with Gasteiger partial charge in [-0.25, -0.2) is 9.97 Å². The average molecular weight is 360 g/mol. The highest BCUT2D eigenvalue weighted by molar-refractivity contribution is 5.87. The molecular formula is C19H16N6O2. The SMILES string of the molecule is COc1ccc(-c2ccc3c(O)n(-c4cnn(CC#N)c4)cc3n2)c(C)n1. The number of aromatic nitrogens is 5. The van der Waals surface area contributed by atoms with Gasteiger partial charge in [-0.3, -0.25) is 9.25 Å². The number of nitrogens with zero attached hydrogens (tertiary/aromatic N) is 6. The monoisotopic (exact) mass is 360 g/mol. The fourth-order valence-corrected chi connectivity index (χ4v) is 2.98. The van der Waals surface area contributed by atoms with E-state index in [1.165, 1.54) is 4.68 Å². The van der Waals surface area contributed by atoms with E-state index >= 15 is 0 Å². The van der Waals surface area contributed by atoms with Gasteiger partial charge in [-0.05, 0) is 25.1 Å². The lowest BCUT2D eigenvalue weighted by molar-refractivity contribution is 0.397. The number of fused-ring (bicyclic) bond motifs is 1. The van der Waals surface area contributed by atoms with E-state index in [4.69, 9.17) is 10.00 Å². The van der Waals surface area contributed by atoms with Gasteiger partial charge in [-0.15, -0.1) is 0 Å². The minimum Gasteiger partial charge on any atom is -0.494 e. The van der Waals surface area contributed by atoms with Crippen LogP contribution in [-0.2, 0) is 6.54 Å². The van der Waals surface area contributed by atoms with Crippen molar-refractivity contribution in [1.29, 1.82) is 5.26 Å². The lowest BCUT2D eigenvalue weighted by Gasteiger charge is -2.06. The predicted octanol–water partition coefficient (Wildman–Crippen LogP) is 2.83. The standard InChI is InChI=1S/C19H16N6O2/c1-12-14(4-6-18(22-12)27-2)16-5-3-15-17(23-16)11-25(19(15)26)13-9-21-24(10-13)8-7-20/h3-6,9-11,26H,8H2,1-2H3. The van der Waals surface area contributed by atoms with Crippen molar-refractivity contribution >= 4 is 10.9 Å². The number of aryl methyl sites for hydroxylation is 1. The molecule has 0 amide bonds. The van der Waals surface area contributed by atoms with Crippen LogP contribution in [0.5, 0.6) is 11.8 Å². The van der Waals surface area contributed by atoms with Crippen LogP contribution in [0.3, 0.4) is 0 Å². The van der Waals surface area contributed by atoms with E-state index in [2.05, 4.69) is 15.1 Å². The summed E-state index contributed by atoms with van der Waals surface area (Å²) in [6.45, 7) is 2.05. The number of aromatic hydroxyl groups is 1. The van der Waals surface area contributed by atoms with Crippen LogP contribution in [0.4, 0.5) is 0 Å². The minimum atomic E-state index is 0.0742. The maximum atomic E-state index is 10.6. The molecule has 0 saturated carbocycles. The third kappa shape index (κ3) is 2.85. The summed E-state index contributed by atoms with van der Waals surface area (Å²) in [5, 5.41) is 24.1. The van der Waals surface area contributed by atoms with Gasteiger partial charge in [0.05, 0.1) is 53.6 Å². The molecule has 8 nitrogen and oxygen atoms in total. The molecule has 134 valence electrons. The average Bonchev–Trinajstić information content (AvgIpc) is 3.26. The summed E-state index contributed by atoms with van der Waals surface area (Å²) in [5.41, 5.74) is 3.76. The molecule has 27 heavy (non-hydrogen) atoms. The van der Waals surface area contributed by atoms with Crippen LogP contribution in [0.25, 0.3) is 27.8 Å². The minimum absolute atomic E-state index is 0.0742. The van der Waals surface area contributed by atoms with Gasteiger partial charge in [0.1, 0.15) is 6.54 Å². The number of rotatable bonds is 4. The Balaban J connectivity index is 1.78. The molecular weight excluding hydrogens is 344 g/mol. The smallest absolute Gasteiger partial charge is 0.213 e. The molecule has 4 aromatic heterocycles. The number of nitriles is 1. The molecule has 0 saturated heterocycles. The lowest BCUT2D eigenvalue weighted by atomic mass is 10.1. The molecule has 0 aromatic carbocycles. The molecule has 0 radical (unpaired) electrons. The van der Waals surface area contributed by atoms with Crippen LogP contribution in [0.15, 0.2) is 42.9 Å². The fourth-order valence-electron chi connectivity index (χ4n) is 2.98. The molecule has 4 heterocycles. The number of methoxy groups -OCH3 is 1. The van der Waals surface area contributed by atoms with Crippen LogP contribution >= 0.6 is 0 Å². The van der Waals surface area contributed by atoms with Gasteiger partial charge >= 0.3 is 0 Å². The molecule has 0 aliphatic heterocycles. The van der Waals surface area contributed by atoms with Crippen LogP contribution in [0.2, 0.25) is 0 Å². The van der Waals surface area contributed by atoms with Crippen molar-refractivity contribution in [2.75, 3.05) is 7.11 Å². The molecule has 4 rings (SSSR count). The third-order valence-electron chi connectivity index (χ3n) is 4.32. The zero-order valence-electron chi connectivity index (χ0n) is 14.8. The molecule has 0 fully saturated rings. The molecule has 0 aliphatic rings. The Hall–Kier alpha value is -3.86. The zero-order valence-corrected chi connectivity index (χ0v) is 14.8. The van der Waals surface area contributed by atoms with Gasteiger partial charge in [0, 0.05) is 17.8 Å². The van der Waals surface area contributed by atoms with E-state index in [9.17, 15) is 5.11 Å². The largest absolute Gasteiger partial charge is 0.494 e. The second-order valence-corrected chi connectivity index (χ2v) is 5.99. The number of ether oxygens (including phenoxy) is 1. The van der Waals surface area contributed by atoms with Crippen LogP contribution < -0.4 is 4.74 Å². The summed E-state index contributed by atoms with van der Waals surface area (Å²) >= 11 is 0. The van der Waals surface area contributed by atoms with Gasteiger partial charge in [0.2, 0.25) is 11.8 Å². The van der Waals surface area contributed by atoms with Crippen molar-refractivity contribution in [3.8, 4) is 34.8 Å². The summed E-state index contributed by atoms with van der Waals surface area (Å²) in [6.07, 6.45) is 5.03. The number of pyridine rings is 2. The summed E-state index contributed by atoms with van der Waals surface area (Å²) in [6, 6.07) is 9.41. The Labute approximate surface area is 154 Å². The lowest BCUT2D eigenvalue weighted by Crippen LogP contribution is -1.94. The first-order valence-corrected chi connectivity index (χ1v) is 8.23. The molecule has 1 N–H and O–H groups in total. The Morgan fingerprint density at radius 2 is 2.04 bits per heavy atom. The molecule has 4 aromatic rings. The first-order valence-electron chi connectivity index (χ1n) is 8.23. The molecule has 0 spiro atoms. The maximum Gasteiger partial charge on any atom is 0.213 e. The van der Waals surface area contributed by atoms with Crippen LogP contribution in [-0.4, -0.2) is 36.5 Å². The second-order valence-electron chi connectivity index (χ2n) is 5.99. The van der Waals surface area contributed by atoms with Crippen molar-refractivity contribution in [2.24, 2.45) is 0 Å². The van der Waals surface area contributed by atoms with Crippen molar-refractivity contribution in [2.45, 2.75) is 13.5 Å². The first kappa shape index (κ1) is 16.6. The van der Waals surface area contributed by atoms with Gasteiger partial charge < -0.3 is 9.84 Å². The number of hydrogen-bond acceptors (Lipinski definition) is 6. The van der Waals surface area contributed by atoms with E-state index in [0.29, 0.717) is 22.5 Å². The van der Waals surface area contributed by atoms with Crippen LogP contribution in [0, 0.1) is 18.3 Å². The van der Waals surface area contributed by atoms with E-state index in [1.54, 1.807) is 36.3 Å². The Bertz CT molecular complexity index is 1180. The first-order chi connectivity index (χ1) is 13.1. The van der Waals surface area contributed by atoms with E-state index in [-0.39, 0.29) is 12.4 Å². The summed E-state index contributed by atoms with van der Waals surface area (Å²) < 4.78 is 8.25. The Morgan fingerprint density at radius 1 is 1.19 bits per heavy atom. The molecule has 0 unspecified atom stereocenters. The summed E-state index contributed by atoms with van der Waals surface area (Å²) in [4.78, 5) is 9.06. The highest BCUT2D eigenvalue weighted by atomic mass is 16.5. The highest BCUT2D eigenvalue weighted by Crippen LogP contribution is 2.32. The topological polar surface area (TPSA) is 102 Å². The van der Waals surface area contributed by atoms with Gasteiger partial charge in [0.25, 0.3) is 0 Å². The fraction of sp³-hybridized carbons (Fsp3) is 0.158. The van der Waals surface area contributed by atoms with Gasteiger partial charge in [0.15, 0.2) is 0 Å². The van der Waals surface area contributed by atoms with E-state index in [0.717, 1.165) is 17.0 Å². The summed E-state index contributed by atoms with van der Waals surface area (Å²) in [5.74, 6) is 0.626. The highest BCUT2D eigenvalue weighted by Gasteiger charge is 2.14. The normalized spacial score (nSPS) is 10.9. The van der Waals surface area contributed by atoms with Crippen LogP contribution in [0.1, 0.15) is 5.69 Å². The molecule has 0 atom stereocenters. The second kappa shape index (κ2) is 6.46. The van der Waals surface area contributed by atoms with E-state index in [1.807, 2.05) is 31.2 Å². The van der Waals surface area contributed by atoms with Crippen molar-refractivity contribution < 1.29 is 9.84 Å². The quantitative estimate of drug-likeness (QED) is 0.600. The maximum absolute atomic E-state index is 10.6. The van der Waals surface area contributed by atoms with Gasteiger partial charge in [-0.2, -0.15) is 10.4 Å². The summed E-state index contributed by atoms with van der Waals surface area (Å²) in [7, 11) is 1.58. The van der Waals surface area contributed by atoms with Crippen molar-refractivity contribution in [3.05, 3.63) is 48.5 Å². The Kier molecular flexibility index (Phi) is 3.97. The molecule has 0 aliphatic carbocycles. The van der Waals surface area contributed by atoms with Gasteiger partial charge in [-0.1, -0.05) is 0 Å². The van der Waals surface area contributed by atoms with Crippen molar-refractivity contribution in [1.82, 2.24) is 24.3 Å². The molecule has 8 heteroatoms. The van der Waals surface area contributed by atoms with Crippen molar-refractivity contribution in [3.63, 3.8) is 0 Å². The third-order valence-corrected chi connectivity index (χ3v) is 4.32. The van der Waals surface area contributed by atoms with E-state index < -0.39 is 0 Å². The predicted molar refractivity (Wildman–Crippen MR) is 98.7 cm³/mol.